The molecule has 2 aliphatic rings. The molecule has 4 heteroatoms. The van der Waals surface area contributed by atoms with Crippen molar-refractivity contribution in [2.45, 2.75) is 44.9 Å². The van der Waals surface area contributed by atoms with Crippen molar-refractivity contribution in [1.29, 1.82) is 0 Å². The van der Waals surface area contributed by atoms with Gasteiger partial charge in [0.25, 0.3) is 0 Å². The first kappa shape index (κ1) is 11.1. The van der Waals surface area contributed by atoms with Gasteiger partial charge >= 0.3 is 0 Å². The lowest BCUT2D eigenvalue weighted by molar-refractivity contribution is 0.225. The van der Waals surface area contributed by atoms with Gasteiger partial charge in [0.1, 0.15) is 6.33 Å². The van der Waals surface area contributed by atoms with E-state index in [1.807, 2.05) is 6.07 Å². The van der Waals surface area contributed by atoms with Crippen LogP contribution in [0.15, 0.2) is 18.6 Å². The van der Waals surface area contributed by atoms with Crippen molar-refractivity contribution in [3.05, 3.63) is 29.8 Å². The zero-order chi connectivity index (χ0) is 13.3. The summed E-state index contributed by atoms with van der Waals surface area (Å²) in [4.78, 5) is 8.36. The molecular formula is C15H18N4. The minimum atomic E-state index is 0.203. The van der Waals surface area contributed by atoms with Crippen LogP contribution in [0.25, 0.3) is 11.4 Å². The number of aromatic nitrogens is 4. The maximum absolute atomic E-state index is 4.64. The van der Waals surface area contributed by atoms with Crippen LogP contribution in [0.2, 0.25) is 0 Å². The summed E-state index contributed by atoms with van der Waals surface area (Å²) in [5, 5.41) is 7.85. The Morgan fingerprint density at radius 2 is 2.16 bits per heavy atom. The summed E-state index contributed by atoms with van der Waals surface area (Å²) in [6, 6.07) is 1.95. The number of H-pyrrole nitrogens is 1. The molecular weight excluding hydrogens is 236 g/mol. The third kappa shape index (κ3) is 1.13. The number of rotatable bonds is 1. The van der Waals surface area contributed by atoms with Gasteiger partial charge in [-0.1, -0.05) is 20.8 Å². The molecule has 0 radical (unpaired) electrons. The second-order valence-corrected chi connectivity index (χ2v) is 6.60. The van der Waals surface area contributed by atoms with Gasteiger partial charge in [-0.25, -0.2) is 9.97 Å². The molecule has 0 aromatic carbocycles. The molecule has 0 amide bonds. The van der Waals surface area contributed by atoms with Crippen LogP contribution in [-0.2, 0) is 5.41 Å². The summed E-state index contributed by atoms with van der Waals surface area (Å²) < 4.78 is 0. The fourth-order valence-corrected chi connectivity index (χ4v) is 4.17. The van der Waals surface area contributed by atoms with E-state index in [9.17, 15) is 0 Å². The number of fused-ring (bicyclic) bond motifs is 5. The first-order valence-corrected chi connectivity index (χ1v) is 6.91. The Bertz CT molecular complexity index is 643. The molecule has 1 fully saturated rings. The fourth-order valence-electron chi connectivity index (χ4n) is 4.17. The van der Waals surface area contributed by atoms with Crippen molar-refractivity contribution in [3.8, 4) is 11.4 Å². The van der Waals surface area contributed by atoms with Gasteiger partial charge < -0.3 is 0 Å². The van der Waals surface area contributed by atoms with Crippen LogP contribution in [0, 0.1) is 5.41 Å². The molecule has 4 nitrogen and oxygen atoms in total. The Hall–Kier alpha value is -1.71. The van der Waals surface area contributed by atoms with Crippen molar-refractivity contribution in [2.75, 3.05) is 0 Å². The largest absolute Gasteiger partial charge is 0.276 e. The van der Waals surface area contributed by atoms with E-state index < -0.39 is 0 Å². The number of nitrogens with zero attached hydrogens (tertiary/aromatic N) is 3. The third-order valence-electron chi connectivity index (χ3n) is 5.74. The summed E-state index contributed by atoms with van der Waals surface area (Å²) in [7, 11) is 0. The smallest absolute Gasteiger partial charge is 0.116 e. The summed E-state index contributed by atoms with van der Waals surface area (Å²) in [5.41, 5.74) is 5.21. The first-order chi connectivity index (χ1) is 9.06. The SMILES string of the molecule is CC12CCC(c3c1n[nH]c3-c1ccncn1)C2(C)C. The molecule has 0 spiro atoms. The van der Waals surface area contributed by atoms with Crippen molar-refractivity contribution in [1.82, 2.24) is 20.2 Å². The number of nitrogens with one attached hydrogen (secondary N) is 1. The predicted octanol–water partition coefficient (Wildman–Crippen LogP) is 3.04. The lowest BCUT2D eigenvalue weighted by Crippen LogP contribution is -2.32. The molecule has 2 bridgehead atoms. The second-order valence-electron chi connectivity index (χ2n) is 6.60. The van der Waals surface area contributed by atoms with Crippen molar-refractivity contribution < 1.29 is 0 Å². The molecule has 2 aromatic heterocycles. The van der Waals surface area contributed by atoms with Crippen molar-refractivity contribution >= 4 is 0 Å². The molecule has 0 saturated heterocycles. The number of aromatic amines is 1. The summed E-state index contributed by atoms with van der Waals surface area (Å²) in [5.74, 6) is 0.594. The zero-order valence-corrected chi connectivity index (χ0v) is 11.6. The van der Waals surface area contributed by atoms with Crippen LogP contribution in [0.1, 0.15) is 50.8 Å². The molecule has 2 aromatic rings. The Morgan fingerprint density at radius 1 is 1.32 bits per heavy atom. The van der Waals surface area contributed by atoms with Gasteiger partial charge in [0.15, 0.2) is 0 Å². The lowest BCUT2D eigenvalue weighted by Gasteiger charge is -2.34. The molecule has 2 heterocycles. The van der Waals surface area contributed by atoms with E-state index in [1.54, 1.807) is 12.5 Å². The van der Waals surface area contributed by atoms with Crippen LogP contribution in [0.3, 0.4) is 0 Å². The summed E-state index contributed by atoms with van der Waals surface area (Å²) >= 11 is 0. The lowest BCUT2D eigenvalue weighted by atomic mass is 9.70. The van der Waals surface area contributed by atoms with Crippen LogP contribution < -0.4 is 0 Å². The number of hydrogen-bond donors (Lipinski definition) is 1. The Labute approximate surface area is 112 Å². The van der Waals surface area contributed by atoms with E-state index >= 15 is 0 Å². The maximum atomic E-state index is 4.64. The second kappa shape index (κ2) is 3.24. The molecule has 2 atom stereocenters. The van der Waals surface area contributed by atoms with Crippen LogP contribution in [-0.4, -0.2) is 20.2 Å². The highest BCUT2D eigenvalue weighted by molar-refractivity contribution is 5.65. The van der Waals surface area contributed by atoms with Gasteiger partial charge in [-0.2, -0.15) is 5.10 Å². The molecule has 4 rings (SSSR count). The Morgan fingerprint density at radius 3 is 2.89 bits per heavy atom. The molecule has 1 N–H and O–H groups in total. The van der Waals surface area contributed by atoms with Crippen molar-refractivity contribution in [3.63, 3.8) is 0 Å². The van der Waals surface area contributed by atoms with E-state index in [4.69, 9.17) is 0 Å². The quantitative estimate of drug-likeness (QED) is 0.851. The maximum Gasteiger partial charge on any atom is 0.116 e. The van der Waals surface area contributed by atoms with Crippen molar-refractivity contribution in [2.24, 2.45) is 5.41 Å². The van der Waals surface area contributed by atoms with Gasteiger partial charge in [0.2, 0.25) is 0 Å². The van der Waals surface area contributed by atoms with Gasteiger partial charge in [-0.3, -0.25) is 5.10 Å². The molecule has 98 valence electrons. The summed E-state index contributed by atoms with van der Waals surface area (Å²) in [6.07, 6.45) is 5.89. The topological polar surface area (TPSA) is 54.5 Å². The molecule has 19 heavy (non-hydrogen) atoms. The van der Waals surface area contributed by atoms with E-state index in [0.717, 1.165) is 11.4 Å². The van der Waals surface area contributed by atoms with Gasteiger partial charge in [0.05, 0.1) is 17.1 Å². The first-order valence-electron chi connectivity index (χ1n) is 6.91. The molecule has 2 aliphatic carbocycles. The van der Waals surface area contributed by atoms with Gasteiger partial charge in [-0.15, -0.1) is 0 Å². The third-order valence-corrected chi connectivity index (χ3v) is 5.74. The van der Waals surface area contributed by atoms with Gasteiger partial charge in [-0.05, 0) is 30.2 Å². The van der Waals surface area contributed by atoms with Crippen LogP contribution >= 0.6 is 0 Å². The highest BCUT2D eigenvalue weighted by atomic mass is 15.2. The zero-order valence-electron chi connectivity index (χ0n) is 11.6. The Kier molecular flexibility index (Phi) is 1.90. The molecule has 2 unspecified atom stereocenters. The van der Waals surface area contributed by atoms with Crippen LogP contribution in [0.5, 0.6) is 0 Å². The predicted molar refractivity (Wildman–Crippen MR) is 72.7 cm³/mol. The standard InChI is InChI=1S/C15H18N4/c1-14(2)9-4-6-15(14,3)13-11(9)12(18-19-13)10-5-7-16-8-17-10/h5,7-9H,4,6H2,1-3H3,(H,18,19). The summed E-state index contributed by atoms with van der Waals surface area (Å²) in [6.45, 7) is 7.13. The van der Waals surface area contributed by atoms with E-state index in [1.165, 1.54) is 24.1 Å². The van der Waals surface area contributed by atoms with Crippen LogP contribution in [0.4, 0.5) is 0 Å². The van der Waals surface area contributed by atoms with E-state index in [2.05, 4.69) is 40.9 Å². The number of hydrogen-bond acceptors (Lipinski definition) is 3. The van der Waals surface area contributed by atoms with E-state index in [-0.39, 0.29) is 5.41 Å². The average molecular weight is 254 g/mol. The molecule has 0 aliphatic heterocycles. The van der Waals surface area contributed by atoms with E-state index in [0.29, 0.717) is 11.3 Å². The highest BCUT2D eigenvalue weighted by Crippen LogP contribution is 2.68. The normalized spacial score (nSPS) is 30.6. The monoisotopic (exact) mass is 254 g/mol. The Balaban J connectivity index is 1.95. The molecule has 1 saturated carbocycles. The minimum Gasteiger partial charge on any atom is -0.276 e. The highest BCUT2D eigenvalue weighted by Gasteiger charge is 2.61. The van der Waals surface area contributed by atoms with Gasteiger partial charge in [0, 0.05) is 17.2 Å². The minimum absolute atomic E-state index is 0.203. The fraction of sp³-hybridized carbons (Fsp3) is 0.533. The average Bonchev–Trinajstić information content (AvgIpc) is 2.98.